The third-order valence-corrected chi connectivity index (χ3v) is 7.00. The van der Waals surface area contributed by atoms with E-state index >= 15 is 0 Å². The molecular weight excluding hydrogens is 450 g/mol. The molecule has 1 aliphatic carbocycles. The first kappa shape index (κ1) is 23.9. The number of rotatable bonds is 7. The van der Waals surface area contributed by atoms with Crippen molar-refractivity contribution in [3.63, 3.8) is 0 Å². The van der Waals surface area contributed by atoms with Gasteiger partial charge in [0.05, 0.1) is 13.2 Å². The van der Waals surface area contributed by atoms with E-state index in [0.29, 0.717) is 26.1 Å². The second-order valence-corrected chi connectivity index (χ2v) is 9.18. The molecule has 2 atom stereocenters. The van der Waals surface area contributed by atoms with Gasteiger partial charge >= 0.3 is 0 Å². The van der Waals surface area contributed by atoms with E-state index in [9.17, 15) is 9.59 Å². The minimum Gasteiger partial charge on any atom is -0.494 e. The van der Waals surface area contributed by atoms with Crippen molar-refractivity contribution >= 4 is 17.4 Å². The molecule has 3 aromatic carbocycles. The molecule has 5 rings (SSSR count). The van der Waals surface area contributed by atoms with Gasteiger partial charge in [0, 0.05) is 41.3 Å². The number of benzene rings is 3. The van der Waals surface area contributed by atoms with Crippen molar-refractivity contribution < 1.29 is 19.1 Å². The summed E-state index contributed by atoms with van der Waals surface area (Å²) in [5.74, 6) is 1.28. The van der Waals surface area contributed by atoms with Crippen LogP contribution in [0.4, 0.5) is 5.69 Å². The van der Waals surface area contributed by atoms with E-state index in [1.165, 1.54) is 0 Å². The number of amides is 1. The average Bonchev–Trinajstić information content (AvgIpc) is 2.90. The van der Waals surface area contributed by atoms with Gasteiger partial charge in [0.2, 0.25) is 5.91 Å². The van der Waals surface area contributed by atoms with Gasteiger partial charge in [0.15, 0.2) is 5.78 Å². The fraction of sp³-hybridized carbons (Fsp3) is 0.290. The fourth-order valence-electron chi connectivity index (χ4n) is 5.48. The highest BCUT2D eigenvalue weighted by Gasteiger charge is 2.43. The molecule has 0 bridgehead atoms. The predicted molar refractivity (Wildman–Crippen MR) is 141 cm³/mol. The second kappa shape index (κ2) is 10.4. The predicted octanol–water partition coefficient (Wildman–Crippen LogP) is 6.41. The number of ether oxygens (including phenoxy) is 2. The van der Waals surface area contributed by atoms with Crippen molar-refractivity contribution in [2.45, 2.75) is 44.9 Å². The monoisotopic (exact) mass is 481 g/mol. The van der Waals surface area contributed by atoms with Crippen molar-refractivity contribution in [2.24, 2.45) is 0 Å². The van der Waals surface area contributed by atoms with Gasteiger partial charge in [-0.15, -0.1) is 0 Å². The van der Waals surface area contributed by atoms with E-state index in [1.54, 1.807) is 4.90 Å². The second-order valence-electron chi connectivity index (χ2n) is 9.18. The van der Waals surface area contributed by atoms with Crippen LogP contribution in [0.3, 0.4) is 0 Å². The summed E-state index contributed by atoms with van der Waals surface area (Å²) in [4.78, 5) is 29.4. The number of para-hydroxylation sites is 1. The largest absolute Gasteiger partial charge is 0.494 e. The molecule has 0 spiro atoms. The van der Waals surface area contributed by atoms with E-state index in [-0.39, 0.29) is 29.9 Å². The molecule has 5 nitrogen and oxygen atoms in total. The number of ketones is 1. The van der Waals surface area contributed by atoms with Gasteiger partial charge in [-0.2, -0.15) is 0 Å². The van der Waals surface area contributed by atoms with Gasteiger partial charge in [0.1, 0.15) is 11.5 Å². The molecule has 3 aromatic rings. The Hall–Kier alpha value is -3.86. The topological polar surface area (TPSA) is 55.8 Å². The van der Waals surface area contributed by atoms with E-state index in [4.69, 9.17) is 9.47 Å². The summed E-state index contributed by atoms with van der Waals surface area (Å²) in [6.07, 6.45) is 1.27. The minimum atomic E-state index is -0.321. The summed E-state index contributed by atoms with van der Waals surface area (Å²) in [7, 11) is 0. The van der Waals surface area contributed by atoms with Crippen LogP contribution in [0.15, 0.2) is 90.1 Å². The molecule has 1 heterocycles. The van der Waals surface area contributed by atoms with Crippen LogP contribution >= 0.6 is 0 Å². The van der Waals surface area contributed by atoms with Crippen LogP contribution in [0.25, 0.3) is 0 Å². The molecule has 5 heteroatoms. The maximum Gasteiger partial charge on any atom is 0.232 e. The van der Waals surface area contributed by atoms with Crippen molar-refractivity contribution in [1.29, 1.82) is 0 Å². The highest BCUT2D eigenvalue weighted by Crippen LogP contribution is 2.48. The molecule has 0 radical (unpaired) electrons. The zero-order chi connectivity index (χ0) is 25.1. The lowest BCUT2D eigenvalue weighted by Crippen LogP contribution is -2.41. The van der Waals surface area contributed by atoms with E-state index in [1.807, 2.05) is 80.6 Å². The zero-order valence-electron chi connectivity index (χ0n) is 20.8. The maximum absolute atomic E-state index is 13.8. The molecular formula is C31H31NO4. The maximum atomic E-state index is 13.8. The highest BCUT2D eigenvalue weighted by molar-refractivity contribution is 6.08. The molecule has 2 unspecified atom stereocenters. The Morgan fingerprint density at radius 2 is 1.47 bits per heavy atom. The Morgan fingerprint density at radius 3 is 2.19 bits per heavy atom. The Labute approximate surface area is 212 Å². The minimum absolute atomic E-state index is 0.0178. The summed E-state index contributed by atoms with van der Waals surface area (Å²) < 4.78 is 11.5. The van der Waals surface area contributed by atoms with E-state index < -0.39 is 0 Å². The molecule has 0 fully saturated rings. The standard InChI is InChI=1S/C31H31NO4/c1-3-35-24-16-14-23(15-17-24)32-27-18-22(21-10-6-5-7-11-21)19-28(33)31(27)26(20-30(32)34)25-12-8-9-13-29(25)36-4-2/h5-17,22,26H,3-4,18-20H2,1-2H3. The summed E-state index contributed by atoms with van der Waals surface area (Å²) in [6.45, 7) is 4.98. The van der Waals surface area contributed by atoms with E-state index in [0.717, 1.165) is 39.6 Å². The molecule has 0 saturated heterocycles. The van der Waals surface area contributed by atoms with Crippen LogP contribution in [0.2, 0.25) is 0 Å². The van der Waals surface area contributed by atoms with Gasteiger partial charge in [-0.3, -0.25) is 14.5 Å². The third kappa shape index (κ3) is 4.53. The van der Waals surface area contributed by atoms with Gasteiger partial charge in [0.25, 0.3) is 0 Å². The lowest BCUT2D eigenvalue weighted by molar-refractivity contribution is -0.120. The van der Waals surface area contributed by atoms with Crippen molar-refractivity contribution in [2.75, 3.05) is 18.1 Å². The lowest BCUT2D eigenvalue weighted by atomic mass is 9.72. The van der Waals surface area contributed by atoms with Gasteiger partial charge in [-0.25, -0.2) is 0 Å². The average molecular weight is 482 g/mol. The third-order valence-electron chi connectivity index (χ3n) is 7.00. The number of anilines is 1. The molecule has 2 aliphatic rings. The normalized spacial score (nSPS) is 19.8. The SMILES string of the molecule is CCOc1ccc(N2C(=O)CC(c3ccccc3OCC)C3=C2CC(c2ccccc2)CC3=O)cc1. The van der Waals surface area contributed by atoms with Crippen LogP contribution in [0.1, 0.15) is 56.1 Å². The molecule has 0 saturated carbocycles. The van der Waals surface area contributed by atoms with Crippen molar-refractivity contribution in [3.05, 3.63) is 101 Å². The molecule has 0 aromatic heterocycles. The Morgan fingerprint density at radius 1 is 0.778 bits per heavy atom. The molecule has 36 heavy (non-hydrogen) atoms. The number of nitrogens with zero attached hydrogens (tertiary/aromatic N) is 1. The Kier molecular flexibility index (Phi) is 6.90. The van der Waals surface area contributed by atoms with Gasteiger partial charge in [-0.1, -0.05) is 48.5 Å². The van der Waals surface area contributed by atoms with Crippen LogP contribution in [0, 0.1) is 0 Å². The first-order valence-electron chi connectivity index (χ1n) is 12.7. The van der Waals surface area contributed by atoms with Crippen LogP contribution in [-0.2, 0) is 9.59 Å². The summed E-state index contributed by atoms with van der Waals surface area (Å²) in [6, 6.07) is 25.4. The zero-order valence-corrected chi connectivity index (χ0v) is 20.8. The number of carbonyl (C=O) groups is 2. The lowest BCUT2D eigenvalue weighted by Gasteiger charge is -2.40. The van der Waals surface area contributed by atoms with Gasteiger partial charge in [-0.05, 0) is 62.1 Å². The number of carbonyl (C=O) groups excluding carboxylic acids is 2. The van der Waals surface area contributed by atoms with Crippen molar-refractivity contribution in [3.8, 4) is 11.5 Å². The van der Waals surface area contributed by atoms with Crippen LogP contribution in [0.5, 0.6) is 11.5 Å². The molecule has 184 valence electrons. The molecule has 1 aliphatic heterocycles. The summed E-state index contributed by atoms with van der Waals surface area (Å²) >= 11 is 0. The molecule has 1 amide bonds. The molecule has 0 N–H and O–H groups in total. The number of Topliss-reactive ketones (excluding diaryl/α,β-unsaturated/α-hetero) is 1. The highest BCUT2D eigenvalue weighted by atomic mass is 16.5. The van der Waals surface area contributed by atoms with Gasteiger partial charge < -0.3 is 9.47 Å². The fourth-order valence-corrected chi connectivity index (χ4v) is 5.48. The first-order chi connectivity index (χ1) is 17.6. The number of hydrogen-bond donors (Lipinski definition) is 0. The Balaban J connectivity index is 1.63. The summed E-state index contributed by atoms with van der Waals surface area (Å²) in [5.41, 5.74) is 4.32. The quantitative estimate of drug-likeness (QED) is 0.392. The number of hydrogen-bond acceptors (Lipinski definition) is 4. The Bertz CT molecular complexity index is 1280. The van der Waals surface area contributed by atoms with Crippen LogP contribution < -0.4 is 14.4 Å². The van der Waals surface area contributed by atoms with E-state index in [2.05, 4.69) is 12.1 Å². The smallest absolute Gasteiger partial charge is 0.232 e. The number of allylic oxidation sites excluding steroid dienone is 2. The van der Waals surface area contributed by atoms with Crippen LogP contribution in [-0.4, -0.2) is 24.9 Å². The van der Waals surface area contributed by atoms with Crippen molar-refractivity contribution in [1.82, 2.24) is 0 Å². The summed E-state index contributed by atoms with van der Waals surface area (Å²) in [5, 5.41) is 0. The first-order valence-corrected chi connectivity index (χ1v) is 12.7.